The van der Waals surface area contributed by atoms with E-state index < -0.39 is 35.5 Å². The molecule has 0 spiro atoms. The standard InChI is InChI=1S/C47H53FN10O6/c1-28(2)64-35-26-57(27-35)47(63)52-40-23-31(48)22-37(29(40)3)39-12-15-49-46(51-39)50-32-4-6-33(7-5-32)56-20-18-54(19-21-56)25-30-13-16-55(17-14-30)34-8-9-36-38(24-34)45(62)58(44(36)61)41-10-11-42(59)53-43(41)60/h4-9,12,15,22-24,28,30,35,41H,10-11,13-14,16-21,25-27H2,1-3H3,(H,52,63)(H,49,50,51)(H,53,59,60). The van der Waals surface area contributed by atoms with Gasteiger partial charge in [-0.25, -0.2) is 19.2 Å². The summed E-state index contributed by atoms with van der Waals surface area (Å²) in [4.78, 5) is 82.5. The molecule has 64 heavy (non-hydrogen) atoms. The molecule has 0 radical (unpaired) electrons. The molecule has 3 aromatic carbocycles. The number of ether oxygens (including phenoxy) is 1. The summed E-state index contributed by atoms with van der Waals surface area (Å²) in [5, 5.41) is 8.39. The molecule has 0 saturated carbocycles. The molecule has 6 amide bonds. The summed E-state index contributed by atoms with van der Waals surface area (Å²) in [6.07, 6.45) is 3.98. The zero-order chi connectivity index (χ0) is 44.6. The molecular formula is C47H53FN10O6. The van der Waals surface area contributed by atoms with Crippen molar-refractivity contribution in [3.8, 4) is 11.3 Å². The second-order valence-corrected chi connectivity index (χ2v) is 17.6. The topological polar surface area (TPSA) is 173 Å². The highest BCUT2D eigenvalue weighted by molar-refractivity contribution is 6.23. The van der Waals surface area contributed by atoms with Crippen LogP contribution in [0.1, 0.15) is 65.8 Å². The van der Waals surface area contributed by atoms with Crippen LogP contribution in [0.5, 0.6) is 0 Å². The summed E-state index contributed by atoms with van der Waals surface area (Å²) in [6.45, 7) is 13.2. The highest BCUT2D eigenvalue weighted by Gasteiger charge is 2.45. The molecule has 1 unspecified atom stereocenters. The summed E-state index contributed by atoms with van der Waals surface area (Å²) in [6, 6.07) is 16.7. The van der Waals surface area contributed by atoms with Gasteiger partial charge in [0.15, 0.2) is 0 Å². The fraction of sp³-hybridized carbons (Fsp3) is 0.426. The number of nitrogens with zero attached hydrogens (tertiary/aromatic N) is 7. The van der Waals surface area contributed by atoms with Crippen LogP contribution in [0.3, 0.4) is 0 Å². The van der Waals surface area contributed by atoms with Crippen LogP contribution in [0.25, 0.3) is 11.3 Å². The largest absolute Gasteiger partial charge is 0.372 e. The first-order chi connectivity index (χ1) is 30.9. The number of carbonyl (C=O) groups excluding carboxylic acids is 5. The number of piperazine rings is 1. The van der Waals surface area contributed by atoms with E-state index >= 15 is 0 Å². The fourth-order valence-corrected chi connectivity index (χ4v) is 9.38. The first kappa shape index (κ1) is 42.8. The van der Waals surface area contributed by atoms with Crippen molar-refractivity contribution in [1.82, 2.24) is 30.0 Å². The van der Waals surface area contributed by atoms with Crippen LogP contribution in [-0.4, -0.2) is 131 Å². The van der Waals surface area contributed by atoms with E-state index in [1.54, 1.807) is 29.3 Å². The molecule has 334 valence electrons. The van der Waals surface area contributed by atoms with Crippen LogP contribution < -0.4 is 25.8 Å². The Morgan fingerprint density at radius 2 is 1.55 bits per heavy atom. The monoisotopic (exact) mass is 872 g/mol. The number of hydrogen-bond donors (Lipinski definition) is 3. The third-order valence-electron chi connectivity index (χ3n) is 12.9. The van der Waals surface area contributed by atoms with Crippen molar-refractivity contribution in [2.45, 2.75) is 64.7 Å². The Balaban J connectivity index is 0.738. The van der Waals surface area contributed by atoms with E-state index in [1.165, 1.54) is 12.1 Å². The van der Waals surface area contributed by atoms with Gasteiger partial charge in [-0.3, -0.25) is 34.3 Å². The van der Waals surface area contributed by atoms with E-state index in [1.807, 2.05) is 39.0 Å². The van der Waals surface area contributed by atoms with Crippen molar-refractivity contribution < 1.29 is 33.1 Å². The maximum Gasteiger partial charge on any atom is 0.322 e. The van der Waals surface area contributed by atoms with E-state index in [9.17, 15) is 28.4 Å². The van der Waals surface area contributed by atoms with E-state index in [4.69, 9.17) is 9.72 Å². The number of urea groups is 1. The van der Waals surface area contributed by atoms with Crippen molar-refractivity contribution >= 4 is 58.4 Å². The highest BCUT2D eigenvalue weighted by atomic mass is 19.1. The number of likely N-dealkylation sites (tertiary alicyclic amines) is 1. The average molecular weight is 873 g/mol. The predicted molar refractivity (Wildman–Crippen MR) is 239 cm³/mol. The molecule has 16 nitrogen and oxygen atoms in total. The maximum absolute atomic E-state index is 14.9. The molecule has 5 aliphatic rings. The van der Waals surface area contributed by atoms with Gasteiger partial charge in [0, 0.05) is 86.7 Å². The van der Waals surface area contributed by atoms with Crippen LogP contribution in [0.15, 0.2) is 66.9 Å². The van der Waals surface area contributed by atoms with E-state index in [0.29, 0.717) is 58.6 Å². The Labute approximate surface area is 371 Å². The van der Waals surface area contributed by atoms with Gasteiger partial charge in [0.1, 0.15) is 11.9 Å². The van der Waals surface area contributed by atoms with Crippen molar-refractivity contribution in [3.05, 3.63) is 89.4 Å². The molecule has 0 aliphatic carbocycles. The molecular weight excluding hydrogens is 820 g/mol. The number of fused-ring (bicyclic) bond motifs is 1. The van der Waals surface area contributed by atoms with Gasteiger partial charge in [-0.15, -0.1) is 0 Å². The normalized spacial score (nSPS) is 19.9. The maximum atomic E-state index is 14.9. The van der Waals surface area contributed by atoms with Crippen molar-refractivity contribution in [3.63, 3.8) is 0 Å². The summed E-state index contributed by atoms with van der Waals surface area (Å²) in [5.41, 5.74) is 5.61. The zero-order valence-electron chi connectivity index (χ0n) is 36.3. The number of benzene rings is 3. The van der Waals surface area contributed by atoms with E-state index in [2.05, 4.69) is 47.8 Å². The SMILES string of the molecule is Cc1c(NC(=O)N2CC(OC(C)C)C2)cc(F)cc1-c1ccnc(Nc2ccc(N3CCN(CC4CCN(c5ccc6c(c5)C(=O)N(C5CCC(=O)NC5=O)C6=O)CC4)CC3)cc2)n1. The third-order valence-corrected chi connectivity index (χ3v) is 12.9. The van der Waals surface area contributed by atoms with E-state index in [-0.39, 0.29) is 31.1 Å². The minimum Gasteiger partial charge on any atom is -0.372 e. The Bertz CT molecular complexity index is 2460. The zero-order valence-corrected chi connectivity index (χ0v) is 36.3. The number of rotatable bonds is 11. The van der Waals surface area contributed by atoms with Gasteiger partial charge in [0.2, 0.25) is 17.8 Å². The van der Waals surface area contributed by atoms with Crippen LogP contribution in [-0.2, 0) is 14.3 Å². The average Bonchev–Trinajstić information content (AvgIpc) is 3.51. The summed E-state index contributed by atoms with van der Waals surface area (Å²) < 4.78 is 20.7. The van der Waals surface area contributed by atoms with Gasteiger partial charge >= 0.3 is 6.03 Å². The third kappa shape index (κ3) is 8.99. The lowest BCUT2D eigenvalue weighted by atomic mass is 9.95. The van der Waals surface area contributed by atoms with Gasteiger partial charge in [-0.1, -0.05) is 0 Å². The Morgan fingerprint density at radius 1 is 0.844 bits per heavy atom. The molecule has 0 bridgehead atoms. The lowest BCUT2D eigenvalue weighted by Gasteiger charge is -2.40. The highest BCUT2D eigenvalue weighted by Crippen LogP contribution is 2.34. The quantitative estimate of drug-likeness (QED) is 0.164. The second kappa shape index (κ2) is 18.0. The van der Waals surface area contributed by atoms with Gasteiger partial charge in [-0.05, 0) is 112 Å². The fourth-order valence-electron chi connectivity index (χ4n) is 9.38. The number of aromatic nitrogens is 2. The van der Waals surface area contributed by atoms with Gasteiger partial charge in [0.05, 0.1) is 42.1 Å². The molecule has 1 aromatic heterocycles. The summed E-state index contributed by atoms with van der Waals surface area (Å²) in [5.74, 6) is -1.54. The Morgan fingerprint density at radius 3 is 2.27 bits per heavy atom. The van der Waals surface area contributed by atoms with Gasteiger partial charge in [-0.2, -0.15) is 0 Å². The first-order valence-electron chi connectivity index (χ1n) is 22.2. The number of piperidine rings is 2. The number of carbonyl (C=O) groups is 5. The minimum absolute atomic E-state index is 0.00623. The smallest absolute Gasteiger partial charge is 0.322 e. The molecule has 4 fully saturated rings. The lowest BCUT2D eigenvalue weighted by Crippen LogP contribution is -2.56. The predicted octanol–water partition coefficient (Wildman–Crippen LogP) is 5.42. The Hall–Kier alpha value is -6.46. The molecule has 1 atom stereocenters. The van der Waals surface area contributed by atoms with Crippen LogP contribution in [0, 0.1) is 18.7 Å². The summed E-state index contributed by atoms with van der Waals surface area (Å²) >= 11 is 0. The summed E-state index contributed by atoms with van der Waals surface area (Å²) in [7, 11) is 0. The molecule has 17 heteroatoms. The number of nitrogens with one attached hydrogen (secondary N) is 3. The van der Waals surface area contributed by atoms with E-state index in [0.717, 1.165) is 80.6 Å². The van der Waals surface area contributed by atoms with Gasteiger partial charge < -0.3 is 30.1 Å². The molecule has 4 aromatic rings. The number of imide groups is 2. The number of halogens is 1. The van der Waals surface area contributed by atoms with Crippen LogP contribution in [0.4, 0.5) is 37.9 Å². The number of amides is 6. The number of hydrogen-bond acceptors (Lipinski definition) is 12. The lowest BCUT2D eigenvalue weighted by molar-refractivity contribution is -0.136. The van der Waals surface area contributed by atoms with Crippen molar-refractivity contribution in [2.24, 2.45) is 5.92 Å². The van der Waals surface area contributed by atoms with Crippen molar-refractivity contribution in [2.75, 3.05) is 79.3 Å². The van der Waals surface area contributed by atoms with Gasteiger partial charge in [0.25, 0.3) is 11.8 Å². The first-order valence-corrected chi connectivity index (χ1v) is 22.2. The number of anilines is 5. The molecule has 3 N–H and O–H groups in total. The molecule has 5 aliphatic heterocycles. The van der Waals surface area contributed by atoms with Crippen molar-refractivity contribution in [1.29, 1.82) is 0 Å². The minimum atomic E-state index is -0.976. The Kier molecular flexibility index (Phi) is 12.0. The van der Waals surface area contributed by atoms with Crippen LogP contribution >= 0.6 is 0 Å². The molecule has 4 saturated heterocycles. The molecule has 6 heterocycles. The van der Waals surface area contributed by atoms with Crippen LogP contribution in [0.2, 0.25) is 0 Å². The second-order valence-electron chi connectivity index (χ2n) is 17.6. The molecule has 9 rings (SSSR count).